The fourth-order valence-corrected chi connectivity index (χ4v) is 0.959. The summed E-state index contributed by atoms with van der Waals surface area (Å²) in [5, 5.41) is 0. The number of guanidine groups is 1. The third-order valence-corrected chi connectivity index (χ3v) is 1.54. The topological polar surface area (TPSA) is 64.4 Å². The van der Waals surface area contributed by atoms with Crippen molar-refractivity contribution < 1.29 is 0 Å². The third-order valence-electron chi connectivity index (χ3n) is 1.54. The average Bonchev–Trinajstić information content (AvgIpc) is 2.35. The zero-order valence-electron chi connectivity index (χ0n) is 10.9. The number of nitrogens with zero attached hydrogens (tertiary/aromatic N) is 1. The van der Waals surface area contributed by atoms with E-state index in [1.54, 1.807) is 0 Å². The Hall–Kier alpha value is -1.51. The molecular weight excluding hydrogens is 198 g/mol. The first-order valence-corrected chi connectivity index (χ1v) is 5.88. The summed E-state index contributed by atoms with van der Waals surface area (Å²) in [6.07, 6.45) is 0.888. The van der Waals surface area contributed by atoms with Crippen molar-refractivity contribution in [1.29, 1.82) is 0 Å². The van der Waals surface area contributed by atoms with Gasteiger partial charge in [-0.25, -0.2) is 0 Å². The van der Waals surface area contributed by atoms with Crippen molar-refractivity contribution >= 4 is 5.96 Å². The Kier molecular flexibility index (Phi) is 14.3. The molecule has 3 nitrogen and oxygen atoms in total. The van der Waals surface area contributed by atoms with Crippen LogP contribution in [0.25, 0.3) is 0 Å². The van der Waals surface area contributed by atoms with E-state index >= 15 is 0 Å². The number of hydrogen-bond acceptors (Lipinski definition) is 1. The van der Waals surface area contributed by atoms with Crippen molar-refractivity contribution in [2.45, 2.75) is 34.1 Å². The highest BCUT2D eigenvalue weighted by Crippen LogP contribution is 1.98. The Morgan fingerprint density at radius 3 is 1.94 bits per heavy atom. The van der Waals surface area contributed by atoms with E-state index in [0.29, 0.717) is 6.54 Å². The normalized spacial score (nSPS) is 7.75. The van der Waals surface area contributed by atoms with Crippen molar-refractivity contribution in [3.05, 3.63) is 35.9 Å². The fraction of sp³-hybridized carbons (Fsp3) is 0.462. The third kappa shape index (κ3) is 10.6. The van der Waals surface area contributed by atoms with Crippen LogP contribution >= 0.6 is 0 Å². The molecule has 0 atom stereocenters. The lowest BCUT2D eigenvalue weighted by atomic mass is 10.2. The van der Waals surface area contributed by atoms with Crippen LogP contribution in [0.2, 0.25) is 0 Å². The molecule has 0 aliphatic rings. The molecule has 92 valence electrons. The minimum absolute atomic E-state index is 0.158. The molecular formula is C13H25N3. The Balaban J connectivity index is 0. The second-order valence-electron chi connectivity index (χ2n) is 2.54. The monoisotopic (exact) mass is 223 g/mol. The molecule has 0 radical (unpaired) electrons. The van der Waals surface area contributed by atoms with Crippen molar-refractivity contribution in [3.8, 4) is 0 Å². The van der Waals surface area contributed by atoms with E-state index < -0.39 is 0 Å². The summed E-state index contributed by atoms with van der Waals surface area (Å²) in [4.78, 5) is 3.89. The molecule has 3 heteroatoms. The predicted octanol–water partition coefficient (Wildman–Crippen LogP) is 2.55. The van der Waals surface area contributed by atoms with Crippen LogP contribution in [0, 0.1) is 0 Å². The van der Waals surface area contributed by atoms with Gasteiger partial charge in [-0.3, -0.25) is 4.99 Å². The summed E-state index contributed by atoms with van der Waals surface area (Å²) < 4.78 is 0. The first kappa shape index (κ1) is 16.9. The Morgan fingerprint density at radius 1 is 1.00 bits per heavy atom. The lowest BCUT2D eigenvalue weighted by Gasteiger charge is -1.96. The Labute approximate surface area is 99.6 Å². The van der Waals surface area contributed by atoms with E-state index in [1.807, 2.05) is 45.9 Å². The molecule has 0 aliphatic carbocycles. The minimum atomic E-state index is 0.158. The van der Waals surface area contributed by atoms with Gasteiger partial charge in [0.05, 0.1) is 0 Å². The molecule has 0 aromatic heterocycles. The highest BCUT2D eigenvalue weighted by atomic mass is 15.0. The Bertz CT molecular complexity index is 251. The predicted molar refractivity (Wildman–Crippen MR) is 73.5 cm³/mol. The van der Waals surface area contributed by atoms with Gasteiger partial charge in [-0.1, -0.05) is 58.0 Å². The summed E-state index contributed by atoms with van der Waals surface area (Å²) in [6.45, 7) is 8.66. The maximum atomic E-state index is 5.18. The highest BCUT2D eigenvalue weighted by molar-refractivity contribution is 5.75. The van der Waals surface area contributed by atoms with Crippen LogP contribution in [0.15, 0.2) is 35.3 Å². The van der Waals surface area contributed by atoms with Gasteiger partial charge in [-0.2, -0.15) is 0 Å². The minimum Gasteiger partial charge on any atom is -0.370 e. The number of benzene rings is 1. The van der Waals surface area contributed by atoms with E-state index in [4.69, 9.17) is 11.5 Å². The standard InChI is InChI=1S/C9H13N3.2C2H6/c10-9(11)12-7-6-8-4-2-1-3-5-8;2*1-2/h1-5H,6-7H2,(H4,10,11,12);2*1-2H3. The quantitative estimate of drug-likeness (QED) is 0.611. The van der Waals surface area contributed by atoms with Crippen LogP contribution < -0.4 is 11.5 Å². The fourth-order valence-electron chi connectivity index (χ4n) is 0.959. The second-order valence-corrected chi connectivity index (χ2v) is 2.54. The molecule has 0 amide bonds. The van der Waals surface area contributed by atoms with Gasteiger partial charge >= 0.3 is 0 Å². The van der Waals surface area contributed by atoms with Crippen LogP contribution in [-0.2, 0) is 6.42 Å². The van der Waals surface area contributed by atoms with E-state index in [9.17, 15) is 0 Å². The number of rotatable bonds is 3. The Morgan fingerprint density at radius 2 is 1.50 bits per heavy atom. The summed E-state index contributed by atoms with van der Waals surface area (Å²) in [5.41, 5.74) is 11.6. The molecule has 0 spiro atoms. The van der Waals surface area contributed by atoms with Gasteiger partial charge in [0, 0.05) is 6.54 Å². The van der Waals surface area contributed by atoms with Crippen LogP contribution in [0.4, 0.5) is 0 Å². The van der Waals surface area contributed by atoms with Crippen LogP contribution in [0.3, 0.4) is 0 Å². The number of nitrogens with two attached hydrogens (primary N) is 2. The van der Waals surface area contributed by atoms with Gasteiger partial charge in [0.1, 0.15) is 0 Å². The zero-order chi connectivity index (χ0) is 12.8. The zero-order valence-corrected chi connectivity index (χ0v) is 10.9. The SMILES string of the molecule is CC.CC.NC(N)=NCCc1ccccc1. The van der Waals surface area contributed by atoms with Crippen molar-refractivity contribution in [2.75, 3.05) is 6.54 Å². The maximum Gasteiger partial charge on any atom is 0.185 e. The smallest absolute Gasteiger partial charge is 0.185 e. The lowest BCUT2D eigenvalue weighted by Crippen LogP contribution is -2.23. The van der Waals surface area contributed by atoms with Gasteiger partial charge in [0.15, 0.2) is 5.96 Å². The molecule has 0 heterocycles. The summed E-state index contributed by atoms with van der Waals surface area (Å²) in [7, 11) is 0. The van der Waals surface area contributed by atoms with Gasteiger partial charge in [-0.15, -0.1) is 0 Å². The lowest BCUT2D eigenvalue weighted by molar-refractivity contribution is 0.962. The molecule has 0 aliphatic heterocycles. The van der Waals surface area contributed by atoms with Crippen molar-refractivity contribution in [3.63, 3.8) is 0 Å². The largest absolute Gasteiger partial charge is 0.370 e. The van der Waals surface area contributed by atoms with Gasteiger partial charge < -0.3 is 11.5 Å². The van der Waals surface area contributed by atoms with Gasteiger partial charge in [0.2, 0.25) is 0 Å². The molecule has 4 N–H and O–H groups in total. The number of hydrogen-bond donors (Lipinski definition) is 2. The van der Waals surface area contributed by atoms with Crippen LogP contribution in [0.5, 0.6) is 0 Å². The second kappa shape index (κ2) is 13.5. The van der Waals surface area contributed by atoms with Gasteiger partial charge in [-0.05, 0) is 12.0 Å². The van der Waals surface area contributed by atoms with E-state index in [0.717, 1.165) is 6.42 Å². The average molecular weight is 223 g/mol. The molecule has 0 saturated carbocycles. The van der Waals surface area contributed by atoms with Crippen LogP contribution in [0.1, 0.15) is 33.3 Å². The molecule has 0 bridgehead atoms. The molecule has 0 fully saturated rings. The molecule has 1 aromatic carbocycles. The van der Waals surface area contributed by atoms with Gasteiger partial charge in [0.25, 0.3) is 0 Å². The van der Waals surface area contributed by atoms with E-state index in [1.165, 1.54) is 5.56 Å². The van der Waals surface area contributed by atoms with Crippen LogP contribution in [-0.4, -0.2) is 12.5 Å². The maximum absolute atomic E-state index is 5.18. The molecule has 16 heavy (non-hydrogen) atoms. The first-order valence-electron chi connectivity index (χ1n) is 5.88. The molecule has 1 aromatic rings. The molecule has 0 unspecified atom stereocenters. The summed E-state index contributed by atoms with van der Waals surface area (Å²) >= 11 is 0. The van der Waals surface area contributed by atoms with E-state index in [-0.39, 0.29) is 5.96 Å². The summed E-state index contributed by atoms with van der Waals surface area (Å²) in [5.74, 6) is 0.158. The van der Waals surface area contributed by atoms with Crippen molar-refractivity contribution in [1.82, 2.24) is 0 Å². The van der Waals surface area contributed by atoms with E-state index in [2.05, 4.69) is 17.1 Å². The molecule has 1 rings (SSSR count). The first-order chi connectivity index (χ1) is 7.79. The van der Waals surface area contributed by atoms with Crippen molar-refractivity contribution in [2.24, 2.45) is 16.5 Å². The summed E-state index contributed by atoms with van der Waals surface area (Å²) in [6, 6.07) is 10.1. The highest BCUT2D eigenvalue weighted by Gasteiger charge is 1.88. The molecule has 0 saturated heterocycles. The number of aliphatic imine (C=N–C) groups is 1.